The van der Waals surface area contributed by atoms with Gasteiger partial charge in [0.05, 0.1) is 6.10 Å². The van der Waals surface area contributed by atoms with Gasteiger partial charge in [-0.25, -0.2) is 4.79 Å². The van der Waals surface area contributed by atoms with Crippen molar-refractivity contribution >= 4 is 17.8 Å². The van der Waals surface area contributed by atoms with Crippen LogP contribution in [0.2, 0.25) is 0 Å². The van der Waals surface area contributed by atoms with Crippen molar-refractivity contribution < 1.29 is 19.5 Å². The first kappa shape index (κ1) is 15.8. The van der Waals surface area contributed by atoms with Crippen molar-refractivity contribution in [2.75, 3.05) is 6.54 Å². The number of urea groups is 1. The smallest absolute Gasteiger partial charge is 0.325 e. The number of nitrogens with zero attached hydrogens (tertiary/aromatic N) is 1. The van der Waals surface area contributed by atoms with E-state index in [2.05, 4.69) is 10.6 Å². The number of hydrogen-bond donors (Lipinski definition) is 3. The molecule has 7 heteroatoms. The van der Waals surface area contributed by atoms with E-state index >= 15 is 0 Å². The molecule has 0 bridgehead atoms. The third kappa shape index (κ3) is 3.34. The molecule has 2 fully saturated rings. The molecule has 1 atom stereocenters. The Morgan fingerprint density at radius 2 is 2.00 bits per heavy atom. The van der Waals surface area contributed by atoms with Crippen LogP contribution in [0.3, 0.4) is 0 Å². The van der Waals surface area contributed by atoms with Crippen LogP contribution in [0.5, 0.6) is 0 Å². The molecule has 1 aliphatic carbocycles. The van der Waals surface area contributed by atoms with Gasteiger partial charge in [-0.15, -0.1) is 0 Å². The Balaban J connectivity index is 1.88. The van der Waals surface area contributed by atoms with Crippen molar-refractivity contribution in [3.63, 3.8) is 0 Å². The average Bonchev–Trinajstić information content (AvgIpc) is 2.66. The summed E-state index contributed by atoms with van der Waals surface area (Å²) >= 11 is 0. The van der Waals surface area contributed by atoms with Crippen molar-refractivity contribution in [3.05, 3.63) is 0 Å². The number of hydrogen-bond acceptors (Lipinski definition) is 4. The number of aliphatic hydroxyl groups excluding tert-OH is 1. The molecule has 1 heterocycles. The fourth-order valence-electron chi connectivity index (χ4n) is 2.77. The monoisotopic (exact) mass is 297 g/mol. The molecule has 1 unspecified atom stereocenters. The van der Waals surface area contributed by atoms with Crippen molar-refractivity contribution in [2.45, 2.75) is 63.6 Å². The minimum Gasteiger partial charge on any atom is -0.393 e. The molecule has 1 saturated carbocycles. The Morgan fingerprint density at radius 3 is 2.52 bits per heavy atom. The van der Waals surface area contributed by atoms with Gasteiger partial charge in [-0.05, 0) is 39.0 Å². The van der Waals surface area contributed by atoms with Gasteiger partial charge in [0.25, 0.3) is 5.91 Å². The van der Waals surface area contributed by atoms with Crippen LogP contribution >= 0.6 is 0 Å². The van der Waals surface area contributed by atoms with Gasteiger partial charge in [0, 0.05) is 6.04 Å². The predicted octanol–water partition coefficient (Wildman–Crippen LogP) is 0.127. The summed E-state index contributed by atoms with van der Waals surface area (Å²) in [6, 6.07) is -0.502. The first-order chi connectivity index (χ1) is 9.85. The van der Waals surface area contributed by atoms with Gasteiger partial charge in [-0.1, -0.05) is 6.92 Å². The number of nitrogens with one attached hydrogen (secondary N) is 2. The number of amides is 4. The third-order valence-electron chi connectivity index (χ3n) is 4.42. The lowest BCUT2D eigenvalue weighted by atomic mass is 9.93. The fraction of sp³-hybridized carbons (Fsp3) is 0.786. The van der Waals surface area contributed by atoms with Crippen LogP contribution < -0.4 is 10.6 Å². The zero-order valence-electron chi connectivity index (χ0n) is 12.5. The third-order valence-corrected chi connectivity index (χ3v) is 4.42. The molecule has 21 heavy (non-hydrogen) atoms. The van der Waals surface area contributed by atoms with Gasteiger partial charge >= 0.3 is 6.03 Å². The van der Waals surface area contributed by atoms with Crippen molar-refractivity contribution in [3.8, 4) is 0 Å². The van der Waals surface area contributed by atoms with E-state index in [1.807, 2.05) is 6.92 Å². The molecule has 2 aliphatic rings. The number of imide groups is 1. The first-order valence-electron chi connectivity index (χ1n) is 7.47. The van der Waals surface area contributed by atoms with Gasteiger partial charge in [-0.2, -0.15) is 0 Å². The molecule has 3 N–H and O–H groups in total. The van der Waals surface area contributed by atoms with Crippen LogP contribution in [0.4, 0.5) is 4.79 Å². The highest BCUT2D eigenvalue weighted by Crippen LogP contribution is 2.21. The minimum atomic E-state index is -0.910. The number of rotatable bonds is 4. The Kier molecular flexibility index (Phi) is 4.51. The van der Waals surface area contributed by atoms with Crippen molar-refractivity contribution in [1.82, 2.24) is 15.5 Å². The van der Waals surface area contributed by atoms with E-state index in [0.29, 0.717) is 19.3 Å². The molecule has 0 aromatic rings. The molecule has 0 radical (unpaired) electrons. The highest BCUT2D eigenvalue weighted by molar-refractivity contribution is 6.08. The normalized spacial score (nSPS) is 33.0. The second kappa shape index (κ2) is 6.01. The Bertz CT molecular complexity index is 446. The first-order valence-corrected chi connectivity index (χ1v) is 7.47. The molecule has 7 nitrogen and oxygen atoms in total. The Hall–Kier alpha value is -1.63. The van der Waals surface area contributed by atoms with Gasteiger partial charge < -0.3 is 15.7 Å². The quantitative estimate of drug-likeness (QED) is 0.642. The van der Waals surface area contributed by atoms with E-state index in [1.54, 1.807) is 6.92 Å². The van der Waals surface area contributed by atoms with E-state index < -0.39 is 11.6 Å². The van der Waals surface area contributed by atoms with Crippen molar-refractivity contribution in [2.24, 2.45) is 0 Å². The molecule has 1 aliphatic heterocycles. The zero-order valence-corrected chi connectivity index (χ0v) is 12.5. The van der Waals surface area contributed by atoms with E-state index in [4.69, 9.17) is 0 Å². The molecular formula is C14H23N3O4. The lowest BCUT2D eigenvalue weighted by Gasteiger charge is -2.26. The average molecular weight is 297 g/mol. The summed E-state index contributed by atoms with van der Waals surface area (Å²) in [4.78, 5) is 36.9. The van der Waals surface area contributed by atoms with Gasteiger partial charge in [0.15, 0.2) is 0 Å². The Morgan fingerprint density at radius 1 is 1.38 bits per heavy atom. The predicted molar refractivity (Wildman–Crippen MR) is 75.3 cm³/mol. The molecule has 0 aromatic carbocycles. The van der Waals surface area contributed by atoms with Crippen molar-refractivity contribution in [1.29, 1.82) is 0 Å². The fourth-order valence-corrected chi connectivity index (χ4v) is 2.77. The highest BCUT2D eigenvalue weighted by Gasteiger charge is 2.47. The van der Waals surface area contributed by atoms with Gasteiger partial charge in [0.1, 0.15) is 12.1 Å². The van der Waals surface area contributed by atoms with Gasteiger partial charge in [-0.3, -0.25) is 14.5 Å². The maximum absolute atomic E-state index is 12.2. The van der Waals surface area contributed by atoms with Crippen LogP contribution in [-0.2, 0) is 9.59 Å². The molecule has 2 rings (SSSR count). The van der Waals surface area contributed by atoms with E-state index in [9.17, 15) is 19.5 Å². The summed E-state index contributed by atoms with van der Waals surface area (Å²) in [6.07, 6.45) is 2.98. The van der Waals surface area contributed by atoms with Crippen LogP contribution in [0, 0.1) is 0 Å². The lowest BCUT2D eigenvalue weighted by Crippen LogP contribution is -2.47. The molecular weight excluding hydrogens is 274 g/mol. The molecule has 4 amide bonds. The second-order valence-corrected chi connectivity index (χ2v) is 6.08. The van der Waals surface area contributed by atoms with E-state index in [0.717, 1.165) is 17.7 Å². The molecule has 118 valence electrons. The topological polar surface area (TPSA) is 98.7 Å². The lowest BCUT2D eigenvalue weighted by molar-refractivity contribution is -0.135. The maximum Gasteiger partial charge on any atom is 0.325 e. The van der Waals surface area contributed by atoms with Gasteiger partial charge in [0.2, 0.25) is 5.91 Å². The minimum absolute atomic E-state index is 0.0132. The summed E-state index contributed by atoms with van der Waals surface area (Å²) < 4.78 is 0. The SMILES string of the molecule is CCC1(C)NC(=O)N(CC(=O)NC2CCC(O)CC2)C1=O. The Labute approximate surface area is 124 Å². The highest BCUT2D eigenvalue weighted by atomic mass is 16.3. The number of carbonyl (C=O) groups excluding carboxylic acids is 3. The maximum atomic E-state index is 12.2. The number of carbonyl (C=O) groups is 3. The molecule has 1 saturated heterocycles. The molecule has 0 spiro atoms. The largest absolute Gasteiger partial charge is 0.393 e. The van der Waals surface area contributed by atoms with Crippen LogP contribution in [0.1, 0.15) is 46.0 Å². The standard InChI is InChI=1S/C14H23N3O4/c1-3-14(2)12(20)17(13(21)16-14)8-11(19)15-9-4-6-10(18)7-5-9/h9-10,18H,3-8H2,1-2H3,(H,15,19)(H,16,21). The number of aliphatic hydroxyl groups is 1. The summed E-state index contributed by atoms with van der Waals surface area (Å²) in [7, 11) is 0. The van der Waals surface area contributed by atoms with Crippen LogP contribution in [0.25, 0.3) is 0 Å². The molecule has 0 aromatic heterocycles. The van der Waals surface area contributed by atoms with Crippen LogP contribution in [0.15, 0.2) is 0 Å². The van der Waals surface area contributed by atoms with E-state index in [-0.39, 0.29) is 30.5 Å². The zero-order chi connectivity index (χ0) is 15.6. The second-order valence-electron chi connectivity index (χ2n) is 6.08. The summed E-state index contributed by atoms with van der Waals surface area (Å²) in [5.41, 5.74) is -0.910. The summed E-state index contributed by atoms with van der Waals surface area (Å²) in [5, 5.41) is 14.9. The van der Waals surface area contributed by atoms with Crippen LogP contribution in [-0.4, -0.2) is 52.1 Å². The summed E-state index contributed by atoms with van der Waals surface area (Å²) in [5.74, 6) is -0.690. The van der Waals surface area contributed by atoms with E-state index in [1.165, 1.54) is 0 Å². The summed E-state index contributed by atoms with van der Waals surface area (Å²) in [6.45, 7) is 3.22.